The summed E-state index contributed by atoms with van der Waals surface area (Å²) < 4.78 is 1.21. The number of carbonyl (C=O) groups is 1. The van der Waals surface area contributed by atoms with E-state index in [1.54, 1.807) is 13.0 Å². The van der Waals surface area contributed by atoms with Crippen LogP contribution in [0.2, 0.25) is 0 Å². The van der Waals surface area contributed by atoms with Crippen molar-refractivity contribution >= 4 is 11.7 Å². The number of aromatic nitrogens is 2. The molecule has 18 heavy (non-hydrogen) atoms. The summed E-state index contributed by atoms with van der Waals surface area (Å²) in [7, 11) is 0. The maximum atomic E-state index is 11.1. The van der Waals surface area contributed by atoms with Crippen LogP contribution in [0.4, 0.5) is 5.69 Å². The monoisotopic (exact) mass is 247 g/mol. The Morgan fingerprint density at radius 2 is 2.17 bits per heavy atom. The molecule has 0 amide bonds. The van der Waals surface area contributed by atoms with Gasteiger partial charge in [-0.2, -0.15) is 5.10 Å². The molecule has 2 aromatic rings. The molecule has 0 spiro atoms. The number of nitro benzene ring substituents is 1. The first-order valence-electron chi connectivity index (χ1n) is 5.04. The van der Waals surface area contributed by atoms with E-state index in [0.29, 0.717) is 5.69 Å². The quantitative estimate of drug-likeness (QED) is 0.658. The molecule has 0 aliphatic rings. The molecule has 0 saturated carbocycles. The van der Waals surface area contributed by atoms with Crippen molar-refractivity contribution in [1.29, 1.82) is 0 Å². The van der Waals surface area contributed by atoms with Crippen molar-refractivity contribution in [3.63, 3.8) is 0 Å². The topological polar surface area (TPSA) is 98.3 Å². The normalized spacial score (nSPS) is 10.3. The molecule has 1 N–H and O–H groups in total. The number of nitro groups is 1. The van der Waals surface area contributed by atoms with Crippen molar-refractivity contribution in [2.45, 2.75) is 6.92 Å². The average molecular weight is 247 g/mol. The molecule has 2 rings (SSSR count). The van der Waals surface area contributed by atoms with E-state index in [9.17, 15) is 14.9 Å². The van der Waals surface area contributed by atoms with E-state index in [0.717, 1.165) is 0 Å². The van der Waals surface area contributed by atoms with Crippen LogP contribution in [0.3, 0.4) is 0 Å². The molecule has 1 heterocycles. The van der Waals surface area contributed by atoms with Gasteiger partial charge in [-0.15, -0.1) is 0 Å². The molecule has 1 aromatic carbocycles. The first-order chi connectivity index (χ1) is 8.50. The Balaban J connectivity index is 2.76. The van der Waals surface area contributed by atoms with Crippen LogP contribution < -0.4 is 0 Å². The lowest BCUT2D eigenvalue weighted by molar-refractivity contribution is -0.384. The number of hydrogen-bond donors (Lipinski definition) is 1. The molecule has 7 heteroatoms. The molecule has 0 aliphatic carbocycles. The van der Waals surface area contributed by atoms with E-state index in [-0.39, 0.29) is 16.9 Å². The summed E-state index contributed by atoms with van der Waals surface area (Å²) >= 11 is 0. The summed E-state index contributed by atoms with van der Waals surface area (Å²) in [6, 6.07) is 5.53. The Kier molecular flexibility index (Phi) is 2.80. The number of carboxylic acid groups (broad SMARTS) is 1. The van der Waals surface area contributed by atoms with Crippen LogP contribution in [0.5, 0.6) is 0 Å². The Labute approximate surface area is 101 Å². The molecule has 0 saturated heterocycles. The van der Waals surface area contributed by atoms with Crippen molar-refractivity contribution in [2.24, 2.45) is 0 Å². The largest absolute Gasteiger partial charge is 0.478 e. The zero-order valence-electron chi connectivity index (χ0n) is 9.40. The van der Waals surface area contributed by atoms with Crippen LogP contribution >= 0.6 is 0 Å². The number of carboxylic acids is 1. The highest BCUT2D eigenvalue weighted by Crippen LogP contribution is 2.26. The van der Waals surface area contributed by atoms with Gasteiger partial charge in [0.25, 0.3) is 5.69 Å². The Bertz CT molecular complexity index is 601. The highest BCUT2D eigenvalue weighted by molar-refractivity contribution is 5.93. The fourth-order valence-electron chi connectivity index (χ4n) is 1.63. The number of aromatic carboxylic acids is 1. The van der Waals surface area contributed by atoms with Gasteiger partial charge in [0.05, 0.1) is 16.2 Å². The van der Waals surface area contributed by atoms with Gasteiger partial charge in [0, 0.05) is 12.3 Å². The van der Waals surface area contributed by atoms with Crippen molar-refractivity contribution in [1.82, 2.24) is 9.78 Å². The summed E-state index contributed by atoms with van der Waals surface area (Å²) in [5.74, 6) is -1.23. The minimum absolute atomic E-state index is 0.0388. The number of aryl methyl sites for hydroxylation is 1. The molecule has 0 atom stereocenters. The van der Waals surface area contributed by atoms with Gasteiger partial charge in [-0.25, -0.2) is 9.48 Å². The fraction of sp³-hybridized carbons (Fsp3) is 0.0909. The lowest BCUT2D eigenvalue weighted by Crippen LogP contribution is -2.09. The third-order valence-electron chi connectivity index (χ3n) is 2.39. The molecule has 7 nitrogen and oxygen atoms in total. The highest BCUT2D eigenvalue weighted by Gasteiger charge is 2.23. The smallest absolute Gasteiger partial charge is 0.338 e. The molecule has 0 radical (unpaired) electrons. The second-order valence-corrected chi connectivity index (χ2v) is 3.64. The molecular weight excluding hydrogens is 238 g/mol. The lowest BCUT2D eigenvalue weighted by Gasteiger charge is -2.06. The predicted octanol–water partition coefficient (Wildman–Crippen LogP) is 1.79. The minimum Gasteiger partial charge on any atom is -0.478 e. The van der Waals surface area contributed by atoms with Crippen LogP contribution in [0.1, 0.15) is 16.1 Å². The van der Waals surface area contributed by atoms with Crippen LogP contribution in [0, 0.1) is 17.0 Å². The van der Waals surface area contributed by atoms with Gasteiger partial charge < -0.3 is 5.11 Å². The van der Waals surface area contributed by atoms with Crippen LogP contribution in [-0.2, 0) is 0 Å². The average Bonchev–Trinajstić information content (AvgIpc) is 2.74. The maximum absolute atomic E-state index is 11.1. The first-order valence-corrected chi connectivity index (χ1v) is 5.04. The molecule has 92 valence electrons. The summed E-state index contributed by atoms with van der Waals surface area (Å²) in [4.78, 5) is 21.4. The Morgan fingerprint density at radius 1 is 1.44 bits per heavy atom. The van der Waals surface area contributed by atoms with E-state index in [2.05, 4.69) is 5.10 Å². The molecular formula is C11H9N3O4. The third kappa shape index (κ3) is 1.93. The number of nitrogens with zero attached hydrogens (tertiary/aromatic N) is 3. The van der Waals surface area contributed by atoms with E-state index in [1.165, 1.54) is 29.1 Å². The first kappa shape index (κ1) is 11.8. The Hall–Kier alpha value is -2.70. The highest BCUT2D eigenvalue weighted by atomic mass is 16.6. The third-order valence-corrected chi connectivity index (χ3v) is 2.39. The molecule has 0 unspecified atom stereocenters. The zero-order chi connectivity index (χ0) is 13.3. The fourth-order valence-corrected chi connectivity index (χ4v) is 1.63. The molecule has 0 bridgehead atoms. The van der Waals surface area contributed by atoms with E-state index < -0.39 is 10.9 Å². The number of rotatable bonds is 3. The summed E-state index contributed by atoms with van der Waals surface area (Å²) in [6.45, 7) is 1.71. The van der Waals surface area contributed by atoms with E-state index in [4.69, 9.17) is 5.11 Å². The summed E-state index contributed by atoms with van der Waals surface area (Å²) in [5.41, 5.74) is 0.151. The van der Waals surface area contributed by atoms with Crippen LogP contribution in [0.25, 0.3) is 5.69 Å². The number of para-hydroxylation sites is 1. The van der Waals surface area contributed by atoms with Crippen LogP contribution in [0.15, 0.2) is 30.5 Å². The second-order valence-electron chi connectivity index (χ2n) is 3.64. The number of benzene rings is 1. The zero-order valence-corrected chi connectivity index (χ0v) is 9.40. The van der Waals surface area contributed by atoms with Gasteiger partial charge >= 0.3 is 5.97 Å². The van der Waals surface area contributed by atoms with Crippen molar-refractivity contribution < 1.29 is 14.8 Å². The van der Waals surface area contributed by atoms with Gasteiger partial charge in [-0.1, -0.05) is 6.07 Å². The van der Waals surface area contributed by atoms with E-state index in [1.807, 2.05) is 0 Å². The van der Waals surface area contributed by atoms with E-state index >= 15 is 0 Å². The minimum atomic E-state index is -1.23. The Morgan fingerprint density at radius 3 is 2.67 bits per heavy atom. The van der Waals surface area contributed by atoms with Crippen LogP contribution in [-0.4, -0.2) is 25.8 Å². The summed E-state index contributed by atoms with van der Waals surface area (Å²) in [6.07, 6.45) is 1.49. The van der Waals surface area contributed by atoms with Crippen molar-refractivity contribution in [3.05, 3.63) is 51.8 Å². The van der Waals surface area contributed by atoms with Gasteiger partial charge in [0.15, 0.2) is 5.69 Å². The van der Waals surface area contributed by atoms with Crippen molar-refractivity contribution in [3.8, 4) is 5.69 Å². The lowest BCUT2D eigenvalue weighted by atomic mass is 10.1. The SMILES string of the molecule is Cc1ccn(-c2c(C(=O)O)cccc2[N+](=O)[O-])n1. The molecule has 0 fully saturated rings. The van der Waals surface area contributed by atoms with Crippen molar-refractivity contribution in [2.75, 3.05) is 0 Å². The van der Waals surface area contributed by atoms with Gasteiger partial charge in [0.1, 0.15) is 0 Å². The van der Waals surface area contributed by atoms with Gasteiger partial charge in [-0.3, -0.25) is 10.1 Å². The predicted molar refractivity (Wildman–Crippen MR) is 61.9 cm³/mol. The molecule has 1 aromatic heterocycles. The van der Waals surface area contributed by atoms with Gasteiger partial charge in [-0.05, 0) is 19.1 Å². The second kappa shape index (κ2) is 4.28. The standard InChI is InChI=1S/C11H9N3O4/c1-7-5-6-13(12-7)10-8(11(15)16)3-2-4-9(10)14(17)18/h2-6H,1H3,(H,15,16). The summed E-state index contributed by atoms with van der Waals surface area (Å²) in [5, 5.41) is 24.0. The molecule has 0 aliphatic heterocycles. The maximum Gasteiger partial charge on any atom is 0.338 e. The van der Waals surface area contributed by atoms with Gasteiger partial charge in [0.2, 0.25) is 0 Å². The number of hydrogen-bond acceptors (Lipinski definition) is 4.